The van der Waals surface area contributed by atoms with Gasteiger partial charge in [-0.2, -0.15) is 0 Å². The van der Waals surface area contributed by atoms with Gasteiger partial charge in [-0.05, 0) is 61.0 Å². The summed E-state index contributed by atoms with van der Waals surface area (Å²) in [6, 6.07) is 16.6. The van der Waals surface area contributed by atoms with E-state index in [-0.39, 0.29) is 5.69 Å². The molecular formula is C24H18F3N3O3. The summed E-state index contributed by atoms with van der Waals surface area (Å²) in [7, 11) is 0. The number of anilines is 1. The molecule has 2 aromatic heterocycles. The third-order valence-electron chi connectivity index (χ3n) is 4.86. The third kappa shape index (κ3) is 4.82. The van der Waals surface area contributed by atoms with Gasteiger partial charge in [-0.15, -0.1) is 13.2 Å². The van der Waals surface area contributed by atoms with E-state index in [1.165, 1.54) is 22.8 Å². The van der Waals surface area contributed by atoms with E-state index in [1.807, 2.05) is 13.0 Å². The number of carbonyl (C=O) groups is 1. The minimum Gasteiger partial charge on any atom is -0.406 e. The van der Waals surface area contributed by atoms with Gasteiger partial charge in [-0.3, -0.25) is 14.2 Å². The SMILES string of the molecule is C=C(C)c1cccc(NC(=O)c2cc3ccc(=O)n(-c4ccc(OC(F)(F)F)cc4)c3[nH]2)c1. The molecule has 0 aliphatic heterocycles. The van der Waals surface area contributed by atoms with Crippen molar-refractivity contribution in [3.63, 3.8) is 0 Å². The first kappa shape index (κ1) is 21.9. The van der Waals surface area contributed by atoms with E-state index < -0.39 is 23.6 Å². The lowest BCUT2D eigenvalue weighted by Gasteiger charge is -2.11. The Balaban J connectivity index is 1.67. The molecule has 2 heterocycles. The number of alkyl halides is 3. The highest BCUT2D eigenvalue weighted by atomic mass is 19.4. The van der Waals surface area contributed by atoms with Gasteiger partial charge in [0.2, 0.25) is 0 Å². The predicted molar refractivity (Wildman–Crippen MR) is 120 cm³/mol. The van der Waals surface area contributed by atoms with Crippen LogP contribution in [0.2, 0.25) is 0 Å². The van der Waals surface area contributed by atoms with Crippen LogP contribution >= 0.6 is 0 Å². The molecule has 9 heteroatoms. The minimum absolute atomic E-state index is 0.210. The summed E-state index contributed by atoms with van der Waals surface area (Å²) in [5.41, 5.74) is 2.74. The Hall–Kier alpha value is -4.27. The van der Waals surface area contributed by atoms with Gasteiger partial charge in [0.25, 0.3) is 11.5 Å². The molecule has 2 N–H and O–H groups in total. The van der Waals surface area contributed by atoms with E-state index in [0.29, 0.717) is 22.4 Å². The largest absolute Gasteiger partial charge is 0.573 e. The molecule has 0 saturated heterocycles. The number of amides is 1. The number of hydrogen-bond donors (Lipinski definition) is 2. The number of nitrogens with one attached hydrogen (secondary N) is 2. The highest BCUT2D eigenvalue weighted by molar-refractivity contribution is 6.05. The molecule has 0 atom stereocenters. The number of aromatic amines is 1. The second-order valence-corrected chi connectivity index (χ2v) is 7.35. The molecule has 168 valence electrons. The molecule has 2 aromatic carbocycles. The van der Waals surface area contributed by atoms with Crippen molar-refractivity contribution >= 4 is 28.2 Å². The monoisotopic (exact) mass is 453 g/mol. The number of carbonyl (C=O) groups excluding carboxylic acids is 1. The quantitative estimate of drug-likeness (QED) is 0.419. The molecule has 0 radical (unpaired) electrons. The summed E-state index contributed by atoms with van der Waals surface area (Å²) in [6.45, 7) is 5.75. The van der Waals surface area contributed by atoms with Crippen molar-refractivity contribution in [2.75, 3.05) is 5.32 Å². The first-order valence-corrected chi connectivity index (χ1v) is 9.79. The summed E-state index contributed by atoms with van der Waals surface area (Å²) in [4.78, 5) is 28.3. The van der Waals surface area contributed by atoms with Crippen molar-refractivity contribution in [3.8, 4) is 11.4 Å². The highest BCUT2D eigenvalue weighted by Crippen LogP contribution is 2.25. The van der Waals surface area contributed by atoms with Crippen molar-refractivity contribution in [2.45, 2.75) is 13.3 Å². The van der Waals surface area contributed by atoms with Gasteiger partial charge in [0, 0.05) is 17.1 Å². The van der Waals surface area contributed by atoms with Gasteiger partial charge in [0.1, 0.15) is 17.1 Å². The van der Waals surface area contributed by atoms with Crippen molar-refractivity contribution in [1.29, 1.82) is 0 Å². The Morgan fingerprint density at radius 1 is 1.06 bits per heavy atom. The summed E-state index contributed by atoms with van der Waals surface area (Å²) < 4.78 is 42.4. The fourth-order valence-electron chi connectivity index (χ4n) is 3.35. The van der Waals surface area contributed by atoms with Gasteiger partial charge in [-0.25, -0.2) is 0 Å². The second-order valence-electron chi connectivity index (χ2n) is 7.35. The van der Waals surface area contributed by atoms with Crippen LogP contribution in [0.25, 0.3) is 22.3 Å². The number of fused-ring (bicyclic) bond motifs is 1. The number of rotatable bonds is 5. The van der Waals surface area contributed by atoms with E-state index in [4.69, 9.17) is 0 Å². The van der Waals surface area contributed by atoms with Crippen LogP contribution in [0.3, 0.4) is 0 Å². The van der Waals surface area contributed by atoms with Crippen molar-refractivity contribution in [2.24, 2.45) is 0 Å². The second kappa shape index (κ2) is 8.34. The molecule has 1 amide bonds. The van der Waals surface area contributed by atoms with Crippen LogP contribution in [0.1, 0.15) is 23.0 Å². The van der Waals surface area contributed by atoms with Crippen LogP contribution in [0.4, 0.5) is 18.9 Å². The average Bonchev–Trinajstić information content (AvgIpc) is 3.18. The number of H-pyrrole nitrogens is 1. The number of aromatic nitrogens is 2. The fourth-order valence-corrected chi connectivity index (χ4v) is 3.35. The van der Waals surface area contributed by atoms with Crippen LogP contribution in [0, 0.1) is 0 Å². The minimum atomic E-state index is -4.82. The Bertz CT molecular complexity index is 1420. The average molecular weight is 453 g/mol. The standard InChI is InChI=1S/C24H18F3N3O3/c1-14(2)15-4-3-5-17(12-15)28-23(32)20-13-16-6-11-21(31)30(22(16)29-20)18-7-9-19(10-8-18)33-24(25,26)27/h3-13,29H,1H2,2H3,(H,28,32). The molecule has 0 fully saturated rings. The summed E-state index contributed by atoms with van der Waals surface area (Å²) in [5, 5.41) is 3.37. The van der Waals surface area contributed by atoms with Crippen molar-refractivity contribution in [3.05, 3.63) is 94.9 Å². The Morgan fingerprint density at radius 3 is 2.45 bits per heavy atom. The zero-order valence-electron chi connectivity index (χ0n) is 17.4. The molecule has 33 heavy (non-hydrogen) atoms. The number of benzene rings is 2. The maximum absolute atomic E-state index is 12.8. The van der Waals surface area contributed by atoms with Crippen LogP contribution in [-0.4, -0.2) is 21.8 Å². The van der Waals surface area contributed by atoms with E-state index in [9.17, 15) is 22.8 Å². The molecule has 4 rings (SSSR count). The maximum Gasteiger partial charge on any atom is 0.573 e. The lowest BCUT2D eigenvalue weighted by molar-refractivity contribution is -0.274. The molecule has 0 bridgehead atoms. The Labute approximate surface area is 185 Å². The number of pyridine rings is 1. The lowest BCUT2D eigenvalue weighted by atomic mass is 10.1. The topological polar surface area (TPSA) is 76.1 Å². The summed E-state index contributed by atoms with van der Waals surface area (Å²) in [5.74, 6) is -0.826. The van der Waals surface area contributed by atoms with Gasteiger partial charge in [0.05, 0.1) is 5.69 Å². The van der Waals surface area contributed by atoms with Gasteiger partial charge in [-0.1, -0.05) is 24.3 Å². The number of nitrogens with zero attached hydrogens (tertiary/aromatic N) is 1. The molecule has 6 nitrogen and oxygen atoms in total. The number of allylic oxidation sites excluding steroid dienone is 1. The molecule has 4 aromatic rings. The Kier molecular flexibility index (Phi) is 5.55. The fraction of sp³-hybridized carbons (Fsp3) is 0.0833. The number of ether oxygens (including phenoxy) is 1. The zero-order valence-corrected chi connectivity index (χ0v) is 17.4. The molecule has 0 spiro atoms. The van der Waals surface area contributed by atoms with Crippen LogP contribution in [-0.2, 0) is 0 Å². The van der Waals surface area contributed by atoms with E-state index in [2.05, 4.69) is 21.6 Å². The molecular weight excluding hydrogens is 435 g/mol. The Morgan fingerprint density at radius 2 is 1.79 bits per heavy atom. The smallest absolute Gasteiger partial charge is 0.406 e. The van der Waals surface area contributed by atoms with Crippen LogP contribution in [0.5, 0.6) is 5.75 Å². The highest BCUT2D eigenvalue weighted by Gasteiger charge is 2.31. The number of hydrogen-bond acceptors (Lipinski definition) is 3. The lowest BCUT2D eigenvalue weighted by Crippen LogP contribution is -2.19. The van der Waals surface area contributed by atoms with Gasteiger partial charge >= 0.3 is 6.36 Å². The maximum atomic E-state index is 12.8. The van der Waals surface area contributed by atoms with E-state index >= 15 is 0 Å². The normalized spacial score (nSPS) is 11.4. The number of halogens is 3. The van der Waals surface area contributed by atoms with Crippen molar-refractivity contribution in [1.82, 2.24) is 9.55 Å². The van der Waals surface area contributed by atoms with Gasteiger partial charge < -0.3 is 15.0 Å². The zero-order chi connectivity index (χ0) is 23.8. The van der Waals surface area contributed by atoms with Crippen LogP contribution in [0.15, 0.2) is 78.1 Å². The summed E-state index contributed by atoms with van der Waals surface area (Å²) in [6.07, 6.45) is -4.82. The molecule has 0 saturated carbocycles. The van der Waals surface area contributed by atoms with Crippen LogP contribution < -0.4 is 15.6 Å². The molecule has 0 unspecified atom stereocenters. The predicted octanol–water partition coefficient (Wildman–Crippen LogP) is 5.50. The van der Waals surface area contributed by atoms with E-state index in [0.717, 1.165) is 23.3 Å². The summed E-state index contributed by atoms with van der Waals surface area (Å²) >= 11 is 0. The first-order chi connectivity index (χ1) is 15.6. The third-order valence-corrected chi connectivity index (χ3v) is 4.86. The van der Waals surface area contributed by atoms with E-state index in [1.54, 1.807) is 30.3 Å². The van der Waals surface area contributed by atoms with Crippen molar-refractivity contribution < 1.29 is 22.7 Å². The molecule has 0 aliphatic rings. The van der Waals surface area contributed by atoms with Gasteiger partial charge in [0.15, 0.2) is 0 Å². The molecule has 0 aliphatic carbocycles. The first-order valence-electron chi connectivity index (χ1n) is 9.79.